The lowest BCUT2D eigenvalue weighted by Gasteiger charge is -2.23. The van der Waals surface area contributed by atoms with Crippen LogP contribution in [0.2, 0.25) is 0 Å². The van der Waals surface area contributed by atoms with Crippen LogP contribution >= 0.6 is 0 Å². The Hall–Kier alpha value is -1.10. The van der Waals surface area contributed by atoms with Gasteiger partial charge in [-0.1, -0.05) is 0 Å². The van der Waals surface area contributed by atoms with E-state index >= 15 is 0 Å². The van der Waals surface area contributed by atoms with Gasteiger partial charge >= 0.3 is 0 Å². The number of nitrogens with one attached hydrogen (secondary N) is 3. The van der Waals surface area contributed by atoms with Crippen LogP contribution in [0.1, 0.15) is 32.6 Å². The van der Waals surface area contributed by atoms with Crippen molar-refractivity contribution < 1.29 is 9.59 Å². The quantitative estimate of drug-likeness (QED) is 0.634. The van der Waals surface area contributed by atoms with Crippen LogP contribution < -0.4 is 16.0 Å². The van der Waals surface area contributed by atoms with Gasteiger partial charge in [0, 0.05) is 12.6 Å². The molecule has 1 aliphatic heterocycles. The Labute approximate surface area is 102 Å². The lowest BCUT2D eigenvalue weighted by Crippen LogP contribution is -2.49. The summed E-state index contributed by atoms with van der Waals surface area (Å²) in [5, 5.41) is 8.88. The second-order valence-corrected chi connectivity index (χ2v) is 5.06. The number of carbonyl (C=O) groups excluding carboxylic acids is 2. The van der Waals surface area contributed by atoms with Gasteiger partial charge in [0.15, 0.2) is 0 Å². The summed E-state index contributed by atoms with van der Waals surface area (Å²) >= 11 is 0. The summed E-state index contributed by atoms with van der Waals surface area (Å²) in [5.74, 6) is -0.0554. The van der Waals surface area contributed by atoms with Crippen LogP contribution in [0, 0.1) is 5.92 Å². The normalized spacial score (nSPS) is 26.1. The highest BCUT2D eigenvalue weighted by Gasteiger charge is 2.28. The molecule has 1 saturated carbocycles. The third kappa shape index (κ3) is 3.70. The fourth-order valence-corrected chi connectivity index (χ4v) is 2.03. The molecule has 2 fully saturated rings. The molecular weight excluding hydrogens is 218 g/mol. The highest BCUT2D eigenvalue weighted by Crippen LogP contribution is 2.18. The van der Waals surface area contributed by atoms with Crippen molar-refractivity contribution in [3.8, 4) is 0 Å². The van der Waals surface area contributed by atoms with E-state index in [4.69, 9.17) is 0 Å². The van der Waals surface area contributed by atoms with Crippen molar-refractivity contribution in [3.05, 3.63) is 0 Å². The van der Waals surface area contributed by atoms with Gasteiger partial charge in [-0.3, -0.25) is 9.59 Å². The third-order valence-electron chi connectivity index (χ3n) is 3.34. The summed E-state index contributed by atoms with van der Waals surface area (Å²) < 4.78 is 0. The molecule has 1 aliphatic carbocycles. The van der Waals surface area contributed by atoms with Gasteiger partial charge in [0.2, 0.25) is 11.8 Å². The number of amides is 2. The van der Waals surface area contributed by atoms with Crippen molar-refractivity contribution in [1.29, 1.82) is 0 Å². The van der Waals surface area contributed by atoms with E-state index in [0.29, 0.717) is 6.04 Å². The minimum atomic E-state index is -0.426. The summed E-state index contributed by atoms with van der Waals surface area (Å²) in [4.78, 5) is 23.6. The van der Waals surface area contributed by atoms with E-state index in [0.717, 1.165) is 38.8 Å². The van der Waals surface area contributed by atoms with Crippen molar-refractivity contribution in [3.63, 3.8) is 0 Å². The largest absolute Gasteiger partial charge is 0.352 e. The van der Waals surface area contributed by atoms with Crippen LogP contribution in [-0.2, 0) is 9.59 Å². The molecule has 5 heteroatoms. The highest BCUT2D eigenvalue weighted by atomic mass is 16.2. The predicted octanol–water partition coefficient (Wildman–Crippen LogP) is -0.231. The zero-order valence-corrected chi connectivity index (χ0v) is 10.3. The van der Waals surface area contributed by atoms with Gasteiger partial charge in [0.1, 0.15) is 6.04 Å². The molecule has 0 aromatic heterocycles. The van der Waals surface area contributed by atoms with Crippen LogP contribution in [0.4, 0.5) is 0 Å². The summed E-state index contributed by atoms with van der Waals surface area (Å²) in [6.45, 7) is 3.45. The number of hydrogen-bond acceptors (Lipinski definition) is 3. The molecule has 2 atom stereocenters. The molecule has 3 N–H and O–H groups in total. The molecule has 0 spiro atoms. The summed E-state index contributed by atoms with van der Waals surface area (Å²) in [5.41, 5.74) is 0. The molecule has 2 amide bonds. The van der Waals surface area contributed by atoms with E-state index in [-0.39, 0.29) is 17.7 Å². The van der Waals surface area contributed by atoms with Crippen LogP contribution in [0.25, 0.3) is 0 Å². The molecule has 2 unspecified atom stereocenters. The monoisotopic (exact) mass is 239 g/mol. The average Bonchev–Trinajstić information content (AvgIpc) is 3.14. The van der Waals surface area contributed by atoms with E-state index in [1.165, 1.54) is 0 Å². The molecule has 2 aliphatic rings. The van der Waals surface area contributed by atoms with Gasteiger partial charge in [-0.05, 0) is 39.2 Å². The van der Waals surface area contributed by atoms with Gasteiger partial charge in [-0.25, -0.2) is 0 Å². The maximum Gasteiger partial charge on any atom is 0.242 e. The van der Waals surface area contributed by atoms with E-state index in [9.17, 15) is 9.59 Å². The first-order valence-corrected chi connectivity index (χ1v) is 6.48. The molecule has 0 aromatic carbocycles. The molecule has 0 aromatic rings. The molecule has 1 heterocycles. The Bertz CT molecular complexity index is 296. The van der Waals surface area contributed by atoms with E-state index in [2.05, 4.69) is 16.0 Å². The fourth-order valence-electron chi connectivity index (χ4n) is 2.03. The van der Waals surface area contributed by atoms with Gasteiger partial charge in [-0.2, -0.15) is 0 Å². The molecule has 2 rings (SSSR count). The lowest BCUT2D eigenvalue weighted by molar-refractivity contribution is -0.131. The molecular formula is C12H21N3O2. The lowest BCUT2D eigenvalue weighted by atomic mass is 9.98. The summed E-state index contributed by atoms with van der Waals surface area (Å²) in [6.07, 6.45) is 4.08. The maximum atomic E-state index is 11.9. The van der Waals surface area contributed by atoms with Gasteiger partial charge in [0.05, 0.1) is 5.92 Å². The van der Waals surface area contributed by atoms with Crippen molar-refractivity contribution in [2.24, 2.45) is 5.92 Å². The van der Waals surface area contributed by atoms with E-state index < -0.39 is 6.04 Å². The highest BCUT2D eigenvalue weighted by molar-refractivity contribution is 5.88. The molecule has 1 saturated heterocycles. The zero-order chi connectivity index (χ0) is 12.3. The van der Waals surface area contributed by atoms with Crippen LogP contribution in [-0.4, -0.2) is 37.0 Å². The SMILES string of the molecule is CC(NC(=O)C1CCCNC1)C(=O)NC1CC1. The van der Waals surface area contributed by atoms with Gasteiger partial charge < -0.3 is 16.0 Å². The Morgan fingerprint density at radius 1 is 1.29 bits per heavy atom. The second kappa shape index (κ2) is 5.49. The molecule has 0 radical (unpaired) electrons. The van der Waals surface area contributed by atoms with Crippen molar-refractivity contribution in [1.82, 2.24) is 16.0 Å². The van der Waals surface area contributed by atoms with E-state index in [1.54, 1.807) is 6.92 Å². The smallest absolute Gasteiger partial charge is 0.242 e. The molecule has 5 nitrogen and oxygen atoms in total. The minimum absolute atomic E-state index is 0.00403. The summed E-state index contributed by atoms with van der Waals surface area (Å²) in [6, 6.07) is -0.0803. The first-order chi connectivity index (χ1) is 8.16. The Kier molecular flexibility index (Phi) is 3.99. The first kappa shape index (κ1) is 12.4. The number of carbonyl (C=O) groups is 2. The van der Waals surface area contributed by atoms with Crippen LogP contribution in [0.15, 0.2) is 0 Å². The maximum absolute atomic E-state index is 11.9. The van der Waals surface area contributed by atoms with E-state index in [1.807, 2.05) is 0 Å². The van der Waals surface area contributed by atoms with Crippen molar-refractivity contribution in [2.45, 2.75) is 44.7 Å². The minimum Gasteiger partial charge on any atom is -0.352 e. The number of hydrogen-bond donors (Lipinski definition) is 3. The first-order valence-electron chi connectivity index (χ1n) is 6.48. The van der Waals surface area contributed by atoms with Crippen LogP contribution in [0.5, 0.6) is 0 Å². The molecule has 0 bridgehead atoms. The van der Waals surface area contributed by atoms with Gasteiger partial charge in [0.25, 0.3) is 0 Å². The van der Waals surface area contributed by atoms with Gasteiger partial charge in [-0.15, -0.1) is 0 Å². The Morgan fingerprint density at radius 3 is 2.65 bits per heavy atom. The number of rotatable bonds is 4. The number of piperidine rings is 1. The standard InChI is InChI=1S/C12H21N3O2/c1-8(11(16)15-10-4-5-10)14-12(17)9-3-2-6-13-7-9/h8-10,13H,2-7H2,1H3,(H,14,17)(H,15,16). The van der Waals surface area contributed by atoms with Crippen molar-refractivity contribution in [2.75, 3.05) is 13.1 Å². The predicted molar refractivity (Wildman–Crippen MR) is 64.4 cm³/mol. The Morgan fingerprint density at radius 2 is 2.06 bits per heavy atom. The molecule has 96 valence electrons. The average molecular weight is 239 g/mol. The van der Waals surface area contributed by atoms with Crippen LogP contribution in [0.3, 0.4) is 0 Å². The zero-order valence-electron chi connectivity index (χ0n) is 10.3. The second-order valence-electron chi connectivity index (χ2n) is 5.06. The Balaban J connectivity index is 1.73. The fraction of sp³-hybridized carbons (Fsp3) is 0.833. The van der Waals surface area contributed by atoms with Crippen molar-refractivity contribution >= 4 is 11.8 Å². The molecule has 17 heavy (non-hydrogen) atoms. The summed E-state index contributed by atoms with van der Waals surface area (Å²) in [7, 11) is 0. The third-order valence-corrected chi connectivity index (χ3v) is 3.34. The topological polar surface area (TPSA) is 70.2 Å².